The van der Waals surface area contributed by atoms with Crippen LogP contribution in [0.5, 0.6) is 0 Å². The maximum absolute atomic E-state index is 11.7. The maximum Gasteiger partial charge on any atom is 0.342 e. The fourth-order valence-electron chi connectivity index (χ4n) is 1.45. The Hall–Kier alpha value is -1.92. The van der Waals surface area contributed by atoms with Gasteiger partial charge >= 0.3 is 11.9 Å². The highest BCUT2D eigenvalue weighted by Gasteiger charge is 2.45. The van der Waals surface area contributed by atoms with Crippen molar-refractivity contribution in [3.63, 3.8) is 0 Å². The monoisotopic (exact) mass is 253 g/mol. The first kappa shape index (κ1) is 14.1. The topological polar surface area (TPSA) is 110 Å². The lowest BCUT2D eigenvalue weighted by Gasteiger charge is -2.22. The second-order valence-corrected chi connectivity index (χ2v) is 3.69. The Morgan fingerprint density at radius 2 is 1.89 bits per heavy atom. The maximum atomic E-state index is 11.7. The summed E-state index contributed by atoms with van der Waals surface area (Å²) in [6, 6.07) is 5.77. The number of carbonyl (C=O) groups is 2. The third-order valence-corrected chi connectivity index (χ3v) is 2.53. The molecule has 1 aromatic carbocycles. The minimum absolute atomic E-state index is 0.0415. The minimum Gasteiger partial charge on any atom is -0.479 e. The Labute approximate surface area is 104 Å². The van der Waals surface area contributed by atoms with Crippen molar-refractivity contribution >= 4 is 11.9 Å². The summed E-state index contributed by atoms with van der Waals surface area (Å²) in [5, 5.41) is 18.0. The first-order valence-electron chi connectivity index (χ1n) is 5.36. The molecule has 0 spiro atoms. The highest BCUT2D eigenvalue weighted by Crippen LogP contribution is 2.21. The smallest absolute Gasteiger partial charge is 0.342 e. The molecule has 1 unspecified atom stereocenters. The van der Waals surface area contributed by atoms with Gasteiger partial charge in [0.05, 0.1) is 13.2 Å². The zero-order chi connectivity index (χ0) is 13.8. The van der Waals surface area contributed by atoms with Crippen LogP contribution in [0.3, 0.4) is 0 Å². The summed E-state index contributed by atoms with van der Waals surface area (Å²) in [6.45, 7) is 1.43. The van der Waals surface area contributed by atoms with Crippen molar-refractivity contribution < 1.29 is 24.5 Å². The number of ether oxygens (including phenoxy) is 1. The number of rotatable bonds is 5. The normalized spacial score (nSPS) is 13.7. The molecule has 0 aliphatic heterocycles. The molecular weight excluding hydrogens is 238 g/mol. The summed E-state index contributed by atoms with van der Waals surface area (Å²) < 4.78 is 4.69. The van der Waals surface area contributed by atoms with Crippen LogP contribution in [0.15, 0.2) is 24.3 Å². The summed E-state index contributed by atoms with van der Waals surface area (Å²) >= 11 is 0. The number of carboxylic acids is 1. The van der Waals surface area contributed by atoms with Crippen LogP contribution in [0.1, 0.15) is 18.1 Å². The van der Waals surface area contributed by atoms with E-state index < -0.39 is 17.5 Å². The Morgan fingerprint density at radius 3 is 2.28 bits per heavy atom. The molecule has 6 heteroatoms. The lowest BCUT2D eigenvalue weighted by Crippen LogP contribution is -2.52. The molecule has 4 N–H and O–H groups in total. The standard InChI is InChI=1S/C12H15NO5/c1-2-18-11(17)12(13,10(15)16)9-5-3-8(7-14)4-6-9/h3-6,14H,2,7,13H2,1H3,(H,15,16). The van der Waals surface area contributed by atoms with E-state index in [0.717, 1.165) is 0 Å². The van der Waals surface area contributed by atoms with Crippen molar-refractivity contribution in [2.24, 2.45) is 5.73 Å². The van der Waals surface area contributed by atoms with E-state index in [1.54, 1.807) is 6.92 Å². The molecule has 18 heavy (non-hydrogen) atoms. The predicted octanol–water partition coefficient (Wildman–Crippen LogP) is -0.0194. The van der Waals surface area contributed by atoms with Gasteiger partial charge in [-0.15, -0.1) is 0 Å². The van der Waals surface area contributed by atoms with Gasteiger partial charge in [0.15, 0.2) is 0 Å². The van der Waals surface area contributed by atoms with E-state index >= 15 is 0 Å². The van der Waals surface area contributed by atoms with Gasteiger partial charge in [-0.25, -0.2) is 9.59 Å². The zero-order valence-electron chi connectivity index (χ0n) is 9.92. The number of aliphatic carboxylic acids is 1. The van der Waals surface area contributed by atoms with Crippen LogP contribution in [-0.2, 0) is 26.5 Å². The SMILES string of the molecule is CCOC(=O)C(N)(C(=O)O)c1ccc(CO)cc1. The quantitative estimate of drug-likeness (QED) is 0.502. The molecule has 0 bridgehead atoms. The van der Waals surface area contributed by atoms with Crippen molar-refractivity contribution in [3.05, 3.63) is 35.4 Å². The summed E-state index contributed by atoms with van der Waals surface area (Å²) in [6.07, 6.45) is 0. The highest BCUT2D eigenvalue weighted by molar-refractivity contribution is 6.04. The van der Waals surface area contributed by atoms with Crippen LogP contribution in [0.25, 0.3) is 0 Å². The molecule has 0 aliphatic carbocycles. The number of carboxylic acid groups (broad SMARTS) is 1. The molecule has 1 aromatic rings. The van der Waals surface area contributed by atoms with Crippen LogP contribution >= 0.6 is 0 Å². The summed E-state index contributed by atoms with van der Waals surface area (Å²) in [4.78, 5) is 22.9. The lowest BCUT2D eigenvalue weighted by molar-refractivity contribution is -0.161. The average molecular weight is 253 g/mol. The number of nitrogens with two attached hydrogens (primary N) is 1. The number of carbonyl (C=O) groups excluding carboxylic acids is 1. The minimum atomic E-state index is -2.23. The summed E-state index contributed by atoms with van der Waals surface area (Å²) in [5.74, 6) is -2.51. The van der Waals surface area contributed by atoms with E-state index in [1.807, 2.05) is 0 Å². The Kier molecular flexibility index (Phi) is 4.41. The fraction of sp³-hybridized carbons (Fsp3) is 0.333. The third-order valence-electron chi connectivity index (χ3n) is 2.53. The Balaban J connectivity index is 3.18. The molecular formula is C12H15NO5. The Bertz CT molecular complexity index is 442. The second-order valence-electron chi connectivity index (χ2n) is 3.69. The van der Waals surface area contributed by atoms with Gasteiger partial charge in [0.2, 0.25) is 5.54 Å². The van der Waals surface area contributed by atoms with E-state index in [9.17, 15) is 9.59 Å². The molecule has 0 amide bonds. The summed E-state index contributed by atoms with van der Waals surface area (Å²) in [5.41, 5.74) is 4.11. The van der Waals surface area contributed by atoms with E-state index in [4.69, 9.17) is 15.9 Å². The van der Waals surface area contributed by atoms with E-state index in [1.165, 1.54) is 24.3 Å². The number of hydrogen-bond donors (Lipinski definition) is 3. The number of aliphatic hydroxyl groups excluding tert-OH is 1. The Morgan fingerprint density at radius 1 is 1.33 bits per heavy atom. The molecule has 0 radical (unpaired) electrons. The molecule has 0 saturated carbocycles. The number of esters is 1. The van der Waals surface area contributed by atoms with Crippen molar-refractivity contribution in [1.82, 2.24) is 0 Å². The highest BCUT2D eigenvalue weighted by atomic mass is 16.5. The van der Waals surface area contributed by atoms with Gasteiger partial charge in [0, 0.05) is 0 Å². The van der Waals surface area contributed by atoms with Crippen molar-refractivity contribution in [2.75, 3.05) is 6.61 Å². The van der Waals surface area contributed by atoms with Crippen LogP contribution in [0.4, 0.5) is 0 Å². The van der Waals surface area contributed by atoms with Gasteiger partial charge in [-0.1, -0.05) is 24.3 Å². The molecule has 0 aliphatic rings. The molecule has 0 saturated heterocycles. The second kappa shape index (κ2) is 5.61. The van der Waals surface area contributed by atoms with Gasteiger partial charge in [-0.2, -0.15) is 0 Å². The van der Waals surface area contributed by atoms with Gasteiger partial charge < -0.3 is 20.7 Å². The fourth-order valence-corrected chi connectivity index (χ4v) is 1.45. The molecule has 0 heterocycles. The predicted molar refractivity (Wildman–Crippen MR) is 62.5 cm³/mol. The van der Waals surface area contributed by atoms with Gasteiger partial charge in [-0.3, -0.25) is 0 Å². The zero-order valence-corrected chi connectivity index (χ0v) is 9.92. The molecule has 1 rings (SSSR count). The van der Waals surface area contributed by atoms with Crippen molar-refractivity contribution in [2.45, 2.75) is 19.1 Å². The first-order valence-corrected chi connectivity index (χ1v) is 5.36. The third kappa shape index (κ3) is 2.49. The van der Waals surface area contributed by atoms with Crippen molar-refractivity contribution in [3.8, 4) is 0 Å². The first-order chi connectivity index (χ1) is 8.46. The number of hydrogen-bond acceptors (Lipinski definition) is 5. The molecule has 0 aromatic heterocycles. The largest absolute Gasteiger partial charge is 0.479 e. The lowest BCUT2D eigenvalue weighted by atomic mass is 9.90. The summed E-state index contributed by atoms with van der Waals surface area (Å²) in [7, 11) is 0. The molecule has 98 valence electrons. The number of aliphatic hydroxyl groups is 1. The van der Waals surface area contributed by atoms with E-state index in [-0.39, 0.29) is 18.8 Å². The van der Waals surface area contributed by atoms with E-state index in [0.29, 0.717) is 5.56 Å². The van der Waals surface area contributed by atoms with Gasteiger partial charge in [0.1, 0.15) is 0 Å². The van der Waals surface area contributed by atoms with Crippen molar-refractivity contribution in [1.29, 1.82) is 0 Å². The van der Waals surface area contributed by atoms with E-state index in [2.05, 4.69) is 4.74 Å². The van der Waals surface area contributed by atoms with Crippen LogP contribution < -0.4 is 5.73 Å². The molecule has 1 atom stereocenters. The van der Waals surface area contributed by atoms with Gasteiger partial charge in [-0.05, 0) is 18.1 Å². The molecule has 6 nitrogen and oxygen atoms in total. The number of benzene rings is 1. The van der Waals surface area contributed by atoms with Crippen LogP contribution in [0.2, 0.25) is 0 Å². The van der Waals surface area contributed by atoms with Crippen LogP contribution in [-0.4, -0.2) is 28.8 Å². The van der Waals surface area contributed by atoms with Crippen LogP contribution in [0, 0.1) is 0 Å². The average Bonchev–Trinajstić information content (AvgIpc) is 2.37. The molecule has 0 fully saturated rings. The van der Waals surface area contributed by atoms with Gasteiger partial charge in [0.25, 0.3) is 0 Å².